The lowest BCUT2D eigenvalue weighted by atomic mass is 9.74. The first kappa shape index (κ1) is 25.2. The van der Waals surface area contributed by atoms with E-state index in [1.165, 1.54) is 11.4 Å². The van der Waals surface area contributed by atoms with Crippen molar-refractivity contribution < 1.29 is 22.7 Å². The van der Waals surface area contributed by atoms with Crippen molar-refractivity contribution in [3.63, 3.8) is 0 Å². The van der Waals surface area contributed by atoms with Crippen LogP contribution in [0.3, 0.4) is 0 Å². The number of carbonyl (C=O) groups excluding carboxylic acids is 1. The van der Waals surface area contributed by atoms with Gasteiger partial charge in [0.25, 0.3) is 16.1 Å². The summed E-state index contributed by atoms with van der Waals surface area (Å²) < 4.78 is 39.9. The summed E-state index contributed by atoms with van der Waals surface area (Å²) in [5.74, 6) is 0.307. The smallest absolute Gasteiger partial charge is 0.279 e. The minimum atomic E-state index is -3.60. The van der Waals surface area contributed by atoms with E-state index in [2.05, 4.69) is 22.2 Å². The maximum atomic E-state index is 13.0. The van der Waals surface area contributed by atoms with Crippen molar-refractivity contribution in [2.45, 2.75) is 24.7 Å². The zero-order valence-corrected chi connectivity index (χ0v) is 20.1. The van der Waals surface area contributed by atoms with Crippen LogP contribution in [0.2, 0.25) is 0 Å². The summed E-state index contributed by atoms with van der Waals surface area (Å²) in [4.78, 5) is 13.0. The van der Waals surface area contributed by atoms with Gasteiger partial charge in [-0.25, -0.2) is 0 Å². The minimum absolute atomic E-state index is 0.210. The average Bonchev–Trinajstić information content (AvgIpc) is 3.07. The molecule has 0 bridgehead atoms. The number of carbonyl (C=O) groups is 1. The number of hydrogen-bond donors (Lipinski definition) is 2. The average molecular weight is 476 g/mol. The first-order chi connectivity index (χ1) is 15.9. The molecule has 1 heterocycles. The quantitative estimate of drug-likeness (QED) is 0.514. The van der Waals surface area contributed by atoms with Crippen molar-refractivity contribution in [3.05, 3.63) is 65.7 Å². The molecule has 2 N–H and O–H groups in total. The third kappa shape index (κ3) is 6.32. The fourth-order valence-electron chi connectivity index (χ4n) is 4.31. The molecule has 33 heavy (non-hydrogen) atoms. The van der Waals surface area contributed by atoms with Gasteiger partial charge in [0.1, 0.15) is 5.75 Å². The Hall–Kier alpha value is -2.46. The molecule has 1 amide bonds. The molecule has 1 saturated heterocycles. The molecular formula is C24H33N3O5S. The van der Waals surface area contributed by atoms with Crippen LogP contribution in [0.4, 0.5) is 0 Å². The van der Waals surface area contributed by atoms with Gasteiger partial charge in [-0.2, -0.15) is 17.4 Å². The Balaban J connectivity index is 1.79. The highest BCUT2D eigenvalue weighted by molar-refractivity contribution is 7.87. The van der Waals surface area contributed by atoms with Crippen LogP contribution in [0.1, 0.15) is 35.2 Å². The Morgan fingerprint density at radius 2 is 1.76 bits per heavy atom. The summed E-state index contributed by atoms with van der Waals surface area (Å²) in [7, 11) is -0.519. The van der Waals surface area contributed by atoms with E-state index in [0.29, 0.717) is 50.4 Å². The van der Waals surface area contributed by atoms with Crippen molar-refractivity contribution in [2.24, 2.45) is 0 Å². The Bertz CT molecular complexity index is 1020. The number of para-hydroxylation sites is 1. The normalized spacial score (nSPS) is 19.6. The number of rotatable bonds is 10. The Morgan fingerprint density at radius 1 is 1.03 bits per heavy atom. The topological polar surface area (TPSA) is 97.0 Å². The standard InChI is InChI=1S/C24H33N3O5S/c1-31-18-15-26-33(29,30)27-16-8-13-24(14-17-27,20-9-4-3-5-10-20)19-25-23(28)21-11-6-7-12-22(21)32-2/h3-7,9-12,26H,8,13-19H2,1-2H3,(H,25,28). The van der Waals surface area contributed by atoms with Gasteiger partial charge in [0.15, 0.2) is 0 Å². The summed E-state index contributed by atoms with van der Waals surface area (Å²) in [6.07, 6.45) is 2.03. The minimum Gasteiger partial charge on any atom is -0.496 e. The lowest BCUT2D eigenvalue weighted by molar-refractivity contribution is 0.0937. The maximum Gasteiger partial charge on any atom is 0.279 e. The van der Waals surface area contributed by atoms with Crippen LogP contribution < -0.4 is 14.8 Å². The van der Waals surface area contributed by atoms with E-state index < -0.39 is 10.2 Å². The number of nitrogens with one attached hydrogen (secondary N) is 2. The predicted octanol–water partition coefficient (Wildman–Crippen LogP) is 2.33. The molecule has 0 saturated carbocycles. The van der Waals surface area contributed by atoms with Gasteiger partial charge in [-0.05, 0) is 37.0 Å². The summed E-state index contributed by atoms with van der Waals surface area (Å²) in [5, 5.41) is 3.09. The van der Waals surface area contributed by atoms with E-state index in [9.17, 15) is 13.2 Å². The predicted molar refractivity (Wildman–Crippen MR) is 128 cm³/mol. The second kappa shape index (κ2) is 11.6. The van der Waals surface area contributed by atoms with Crippen molar-refractivity contribution in [1.29, 1.82) is 0 Å². The molecule has 2 aromatic carbocycles. The van der Waals surface area contributed by atoms with Crippen molar-refractivity contribution >= 4 is 16.1 Å². The van der Waals surface area contributed by atoms with Gasteiger partial charge >= 0.3 is 0 Å². The summed E-state index contributed by atoms with van der Waals surface area (Å²) >= 11 is 0. The van der Waals surface area contributed by atoms with Crippen LogP contribution in [0, 0.1) is 0 Å². The molecule has 180 valence electrons. The Kier molecular flexibility index (Phi) is 8.85. The van der Waals surface area contributed by atoms with Crippen LogP contribution in [-0.2, 0) is 20.4 Å². The summed E-state index contributed by atoms with van der Waals surface area (Å²) in [6, 6.07) is 17.1. The third-order valence-electron chi connectivity index (χ3n) is 6.16. The number of amides is 1. The summed E-state index contributed by atoms with van der Waals surface area (Å²) in [6.45, 7) is 1.74. The zero-order chi connectivity index (χ0) is 23.7. The zero-order valence-electron chi connectivity index (χ0n) is 19.2. The first-order valence-electron chi connectivity index (χ1n) is 11.1. The van der Waals surface area contributed by atoms with Crippen LogP contribution in [0.15, 0.2) is 54.6 Å². The molecule has 1 aliphatic heterocycles. The van der Waals surface area contributed by atoms with E-state index in [0.717, 1.165) is 12.0 Å². The molecular weight excluding hydrogens is 442 g/mol. The van der Waals surface area contributed by atoms with E-state index in [4.69, 9.17) is 9.47 Å². The molecule has 3 rings (SSSR count). The number of benzene rings is 2. The molecule has 0 spiro atoms. The molecule has 1 unspecified atom stereocenters. The van der Waals surface area contributed by atoms with Crippen LogP contribution >= 0.6 is 0 Å². The highest BCUT2D eigenvalue weighted by Crippen LogP contribution is 2.35. The molecule has 0 aliphatic carbocycles. The van der Waals surface area contributed by atoms with Crippen molar-refractivity contribution in [1.82, 2.24) is 14.3 Å². The molecule has 1 fully saturated rings. The molecule has 1 atom stereocenters. The van der Waals surface area contributed by atoms with Crippen LogP contribution in [0.5, 0.6) is 5.75 Å². The van der Waals surface area contributed by atoms with E-state index in [1.807, 2.05) is 24.3 Å². The highest BCUT2D eigenvalue weighted by Gasteiger charge is 2.37. The molecule has 0 aromatic heterocycles. The number of hydrogen-bond acceptors (Lipinski definition) is 5. The SMILES string of the molecule is COCCNS(=O)(=O)N1CCCC(CNC(=O)c2ccccc2OC)(c2ccccc2)CC1. The van der Waals surface area contributed by atoms with Gasteiger partial charge in [0.05, 0.1) is 19.3 Å². The number of ether oxygens (including phenoxy) is 2. The van der Waals surface area contributed by atoms with Gasteiger partial charge < -0.3 is 14.8 Å². The second-order valence-corrected chi connectivity index (χ2v) is 9.93. The molecule has 8 nitrogen and oxygen atoms in total. The Morgan fingerprint density at radius 3 is 2.48 bits per heavy atom. The Labute approximate surface area is 196 Å². The second-order valence-electron chi connectivity index (χ2n) is 8.17. The van der Waals surface area contributed by atoms with Crippen LogP contribution in [0.25, 0.3) is 0 Å². The fourth-order valence-corrected chi connectivity index (χ4v) is 5.53. The van der Waals surface area contributed by atoms with Gasteiger partial charge in [-0.15, -0.1) is 0 Å². The van der Waals surface area contributed by atoms with Crippen LogP contribution in [-0.4, -0.2) is 65.6 Å². The molecule has 2 aromatic rings. The van der Waals surface area contributed by atoms with Crippen molar-refractivity contribution in [3.8, 4) is 5.75 Å². The van der Waals surface area contributed by atoms with Gasteiger partial charge in [-0.1, -0.05) is 42.5 Å². The lowest BCUT2D eigenvalue weighted by Gasteiger charge is -2.34. The molecule has 0 radical (unpaired) electrons. The molecule has 9 heteroatoms. The number of methoxy groups -OCH3 is 2. The number of nitrogens with zero attached hydrogens (tertiary/aromatic N) is 1. The molecule has 1 aliphatic rings. The largest absolute Gasteiger partial charge is 0.496 e. The van der Waals surface area contributed by atoms with Gasteiger partial charge in [0.2, 0.25) is 0 Å². The fraction of sp³-hybridized carbons (Fsp3) is 0.458. The van der Waals surface area contributed by atoms with E-state index in [-0.39, 0.29) is 17.9 Å². The summed E-state index contributed by atoms with van der Waals surface area (Å²) in [5.41, 5.74) is 1.19. The highest BCUT2D eigenvalue weighted by atomic mass is 32.2. The van der Waals surface area contributed by atoms with Gasteiger partial charge in [0, 0.05) is 38.7 Å². The third-order valence-corrected chi connectivity index (χ3v) is 7.77. The van der Waals surface area contributed by atoms with Gasteiger partial charge in [-0.3, -0.25) is 4.79 Å². The lowest BCUT2D eigenvalue weighted by Crippen LogP contribution is -2.44. The monoisotopic (exact) mass is 475 g/mol. The maximum absolute atomic E-state index is 13.0. The van der Waals surface area contributed by atoms with E-state index >= 15 is 0 Å². The first-order valence-corrected chi connectivity index (χ1v) is 12.6. The van der Waals surface area contributed by atoms with Crippen molar-refractivity contribution in [2.75, 3.05) is 47.0 Å². The van der Waals surface area contributed by atoms with E-state index in [1.54, 1.807) is 25.3 Å².